The molecule has 0 aliphatic heterocycles. The van der Waals surface area contributed by atoms with E-state index in [0.29, 0.717) is 15.7 Å². The summed E-state index contributed by atoms with van der Waals surface area (Å²) in [6, 6.07) is 4.71. The van der Waals surface area contributed by atoms with Crippen molar-refractivity contribution < 1.29 is 19.4 Å². The van der Waals surface area contributed by atoms with E-state index < -0.39 is 12.1 Å². The molecule has 0 aromatic heterocycles. The van der Waals surface area contributed by atoms with Crippen molar-refractivity contribution >= 4 is 40.8 Å². The fourth-order valence-corrected chi connectivity index (χ4v) is 1.54. The molecule has 0 bridgehead atoms. The molecule has 0 heterocycles. The van der Waals surface area contributed by atoms with Crippen molar-refractivity contribution in [2.75, 3.05) is 11.9 Å². The van der Waals surface area contributed by atoms with E-state index >= 15 is 0 Å². The Kier molecular flexibility index (Phi) is 6.08. The molecule has 5 nitrogen and oxygen atoms in total. The summed E-state index contributed by atoms with van der Waals surface area (Å²) in [5.41, 5.74) is 0.408. The molecule has 0 unspecified atom stereocenters. The minimum atomic E-state index is -1.07. The zero-order chi connectivity index (χ0) is 14.4. The third-order valence-corrected chi connectivity index (χ3v) is 2.81. The molecule has 1 amide bonds. The average Bonchev–Trinajstić information content (AvgIpc) is 2.33. The highest BCUT2D eigenvalue weighted by molar-refractivity contribution is 6.35. The maximum absolute atomic E-state index is 11.6. The molecule has 0 radical (unpaired) electrons. The summed E-state index contributed by atoms with van der Waals surface area (Å²) < 4.78 is 4.95. The van der Waals surface area contributed by atoms with Crippen LogP contribution >= 0.6 is 23.2 Å². The molecule has 7 heteroatoms. The maximum Gasteiger partial charge on any atom is 0.332 e. The van der Waals surface area contributed by atoms with Gasteiger partial charge < -0.3 is 15.2 Å². The van der Waals surface area contributed by atoms with Crippen LogP contribution in [0.5, 0.6) is 0 Å². The van der Waals surface area contributed by atoms with Crippen molar-refractivity contribution in [3.05, 3.63) is 28.2 Å². The topological polar surface area (TPSA) is 75.6 Å². The fraction of sp³-hybridized carbons (Fsp3) is 0.333. The maximum atomic E-state index is 11.6. The van der Waals surface area contributed by atoms with E-state index in [4.69, 9.17) is 33.0 Å². The number of rotatable bonds is 6. The van der Waals surface area contributed by atoms with Crippen LogP contribution in [-0.4, -0.2) is 29.7 Å². The standard InChI is InChI=1S/C12H13Cl2NO4/c1-7(12(17)18)19-5-4-11(16)15-10-6-8(13)2-3-9(10)14/h2-3,6-7H,4-5H2,1H3,(H,15,16)(H,17,18)/t7-/m0/s1. The molecule has 1 atom stereocenters. The molecule has 0 spiro atoms. The summed E-state index contributed by atoms with van der Waals surface area (Å²) in [5, 5.41) is 12.0. The normalized spacial score (nSPS) is 11.9. The first-order valence-electron chi connectivity index (χ1n) is 5.49. The third kappa shape index (κ3) is 5.46. The molecule has 104 valence electrons. The van der Waals surface area contributed by atoms with Gasteiger partial charge in [0.2, 0.25) is 5.91 Å². The third-order valence-electron chi connectivity index (χ3n) is 2.25. The van der Waals surface area contributed by atoms with Crippen LogP contribution in [0.3, 0.4) is 0 Å². The van der Waals surface area contributed by atoms with Gasteiger partial charge in [0.25, 0.3) is 0 Å². The Bertz CT molecular complexity index is 479. The van der Waals surface area contributed by atoms with Gasteiger partial charge in [-0.25, -0.2) is 4.79 Å². The molecular weight excluding hydrogens is 293 g/mol. The Balaban J connectivity index is 2.43. The summed E-state index contributed by atoms with van der Waals surface area (Å²) in [4.78, 5) is 22.1. The monoisotopic (exact) mass is 305 g/mol. The number of aliphatic carboxylic acids is 1. The van der Waals surface area contributed by atoms with E-state index in [2.05, 4.69) is 5.32 Å². The van der Waals surface area contributed by atoms with Gasteiger partial charge in [0.05, 0.1) is 23.7 Å². The average molecular weight is 306 g/mol. The van der Waals surface area contributed by atoms with Gasteiger partial charge in [0.15, 0.2) is 6.10 Å². The molecule has 1 rings (SSSR count). The van der Waals surface area contributed by atoms with E-state index in [1.54, 1.807) is 12.1 Å². The first kappa shape index (κ1) is 15.8. The number of ether oxygens (including phenoxy) is 1. The lowest BCUT2D eigenvalue weighted by molar-refractivity contribution is -0.149. The van der Waals surface area contributed by atoms with Gasteiger partial charge in [-0.2, -0.15) is 0 Å². The van der Waals surface area contributed by atoms with Crippen molar-refractivity contribution in [1.82, 2.24) is 0 Å². The highest BCUT2D eigenvalue weighted by Crippen LogP contribution is 2.25. The minimum Gasteiger partial charge on any atom is -0.479 e. The van der Waals surface area contributed by atoms with Crippen LogP contribution < -0.4 is 5.32 Å². The molecule has 0 fully saturated rings. The molecule has 0 aliphatic rings. The number of hydrogen-bond acceptors (Lipinski definition) is 3. The molecule has 1 aromatic rings. The van der Waals surface area contributed by atoms with Crippen molar-refractivity contribution in [1.29, 1.82) is 0 Å². The second-order valence-corrected chi connectivity index (χ2v) is 4.62. The second kappa shape index (κ2) is 7.33. The lowest BCUT2D eigenvalue weighted by atomic mass is 10.3. The summed E-state index contributed by atoms with van der Waals surface area (Å²) in [5.74, 6) is -1.40. The van der Waals surface area contributed by atoms with Gasteiger partial charge in [0.1, 0.15) is 0 Å². The quantitative estimate of drug-likeness (QED) is 0.847. The molecule has 2 N–H and O–H groups in total. The number of hydrogen-bond donors (Lipinski definition) is 2. The summed E-state index contributed by atoms with van der Waals surface area (Å²) in [6.45, 7) is 1.41. The first-order valence-corrected chi connectivity index (χ1v) is 6.25. The van der Waals surface area contributed by atoms with E-state index in [-0.39, 0.29) is 18.9 Å². The van der Waals surface area contributed by atoms with Crippen LogP contribution in [0.25, 0.3) is 0 Å². The van der Waals surface area contributed by atoms with Crippen molar-refractivity contribution in [2.24, 2.45) is 0 Å². The van der Waals surface area contributed by atoms with E-state index in [0.717, 1.165) is 0 Å². The number of carbonyl (C=O) groups excluding carboxylic acids is 1. The number of nitrogens with one attached hydrogen (secondary N) is 1. The van der Waals surface area contributed by atoms with Gasteiger partial charge in [0, 0.05) is 5.02 Å². The van der Waals surface area contributed by atoms with Crippen LogP contribution in [0.4, 0.5) is 5.69 Å². The highest BCUT2D eigenvalue weighted by Gasteiger charge is 2.12. The van der Waals surface area contributed by atoms with Gasteiger partial charge in [-0.3, -0.25) is 4.79 Å². The Morgan fingerprint density at radius 1 is 1.42 bits per heavy atom. The number of carbonyl (C=O) groups is 2. The first-order chi connectivity index (χ1) is 8.90. The smallest absolute Gasteiger partial charge is 0.332 e. The van der Waals surface area contributed by atoms with Crippen LogP contribution in [0.15, 0.2) is 18.2 Å². The molecule has 19 heavy (non-hydrogen) atoms. The zero-order valence-electron chi connectivity index (χ0n) is 10.2. The Morgan fingerprint density at radius 3 is 2.74 bits per heavy atom. The van der Waals surface area contributed by atoms with Crippen LogP contribution in [-0.2, 0) is 14.3 Å². The van der Waals surface area contributed by atoms with Crippen molar-refractivity contribution in [3.8, 4) is 0 Å². The predicted molar refractivity (Wildman–Crippen MR) is 72.8 cm³/mol. The van der Waals surface area contributed by atoms with E-state index in [1.165, 1.54) is 13.0 Å². The lowest BCUT2D eigenvalue weighted by Gasteiger charge is -2.09. The summed E-state index contributed by atoms with van der Waals surface area (Å²) >= 11 is 11.7. The zero-order valence-corrected chi connectivity index (χ0v) is 11.7. The minimum absolute atomic E-state index is 0.0114. The molecule has 0 saturated carbocycles. The van der Waals surface area contributed by atoms with Crippen molar-refractivity contribution in [2.45, 2.75) is 19.4 Å². The molecule has 0 aliphatic carbocycles. The lowest BCUT2D eigenvalue weighted by Crippen LogP contribution is -2.22. The molecular formula is C12H13Cl2NO4. The highest BCUT2D eigenvalue weighted by atomic mass is 35.5. The predicted octanol–water partition coefficient (Wildman–Crippen LogP) is 2.81. The number of anilines is 1. The molecule has 1 aromatic carbocycles. The largest absolute Gasteiger partial charge is 0.479 e. The number of carboxylic acid groups (broad SMARTS) is 1. The van der Waals surface area contributed by atoms with Crippen LogP contribution in [0.1, 0.15) is 13.3 Å². The van der Waals surface area contributed by atoms with Crippen LogP contribution in [0.2, 0.25) is 10.0 Å². The Morgan fingerprint density at radius 2 is 2.11 bits per heavy atom. The van der Waals surface area contributed by atoms with E-state index in [9.17, 15) is 9.59 Å². The number of carboxylic acids is 1. The van der Waals surface area contributed by atoms with Gasteiger partial charge >= 0.3 is 5.97 Å². The van der Waals surface area contributed by atoms with Gasteiger partial charge in [-0.1, -0.05) is 23.2 Å². The number of amides is 1. The number of halogens is 2. The summed E-state index contributed by atoms with van der Waals surface area (Å²) in [7, 11) is 0. The van der Waals surface area contributed by atoms with Crippen molar-refractivity contribution in [3.63, 3.8) is 0 Å². The Hall–Kier alpha value is -1.30. The van der Waals surface area contributed by atoms with Crippen LogP contribution in [0, 0.1) is 0 Å². The Labute approximate surface area is 120 Å². The van der Waals surface area contributed by atoms with Gasteiger partial charge in [-0.05, 0) is 25.1 Å². The fourth-order valence-electron chi connectivity index (χ4n) is 1.21. The SMILES string of the molecule is C[C@H](OCCC(=O)Nc1cc(Cl)ccc1Cl)C(=O)O. The van der Waals surface area contributed by atoms with Gasteiger partial charge in [-0.15, -0.1) is 0 Å². The summed E-state index contributed by atoms with van der Waals surface area (Å²) in [6.07, 6.45) is -0.914. The second-order valence-electron chi connectivity index (χ2n) is 3.77. The molecule has 0 saturated heterocycles. The number of benzene rings is 1. The van der Waals surface area contributed by atoms with E-state index in [1.807, 2.05) is 0 Å².